The molecule has 3 heteroatoms. The first-order chi connectivity index (χ1) is 5.54. The standard InChI is InChI=1S/C9H14O3/c1-7(2)5-4-6-12-9(11)8(3)10/h4,6-7H,5H2,1-3H3. The zero-order chi connectivity index (χ0) is 9.56. The fraction of sp³-hybridized carbons (Fsp3) is 0.556. The van der Waals surface area contributed by atoms with Crippen LogP contribution >= 0.6 is 0 Å². The van der Waals surface area contributed by atoms with E-state index in [4.69, 9.17) is 0 Å². The zero-order valence-electron chi connectivity index (χ0n) is 7.66. The lowest BCUT2D eigenvalue weighted by molar-refractivity contribution is -0.148. The van der Waals surface area contributed by atoms with E-state index in [1.807, 2.05) is 0 Å². The quantitative estimate of drug-likeness (QED) is 0.366. The van der Waals surface area contributed by atoms with Gasteiger partial charge < -0.3 is 4.74 Å². The largest absolute Gasteiger partial charge is 0.429 e. The summed E-state index contributed by atoms with van der Waals surface area (Å²) < 4.78 is 4.48. The summed E-state index contributed by atoms with van der Waals surface area (Å²) in [5.74, 6) is -0.864. The molecule has 0 amide bonds. The van der Waals surface area contributed by atoms with Crippen LogP contribution in [0, 0.1) is 5.92 Å². The van der Waals surface area contributed by atoms with Crippen molar-refractivity contribution in [3.8, 4) is 0 Å². The topological polar surface area (TPSA) is 43.4 Å². The smallest absolute Gasteiger partial charge is 0.379 e. The molecular weight excluding hydrogens is 156 g/mol. The lowest BCUT2D eigenvalue weighted by Crippen LogP contribution is -2.09. The molecule has 0 aliphatic carbocycles. The highest BCUT2D eigenvalue weighted by Gasteiger charge is 2.05. The van der Waals surface area contributed by atoms with Gasteiger partial charge in [0.05, 0.1) is 6.26 Å². The first-order valence-electron chi connectivity index (χ1n) is 3.90. The predicted octanol–water partition coefficient (Wildman–Crippen LogP) is 1.68. The van der Waals surface area contributed by atoms with E-state index in [1.54, 1.807) is 6.08 Å². The number of carbonyl (C=O) groups is 2. The number of ketones is 1. The second-order valence-corrected chi connectivity index (χ2v) is 2.96. The number of carbonyl (C=O) groups excluding carboxylic acids is 2. The Labute approximate surface area is 72.4 Å². The molecule has 0 unspecified atom stereocenters. The molecule has 0 aromatic heterocycles. The van der Waals surface area contributed by atoms with Gasteiger partial charge in [-0.05, 0) is 18.4 Å². The highest BCUT2D eigenvalue weighted by molar-refractivity contribution is 6.32. The Morgan fingerprint density at radius 1 is 1.42 bits per heavy atom. The molecule has 0 fully saturated rings. The first kappa shape index (κ1) is 10.9. The molecule has 0 aromatic carbocycles. The van der Waals surface area contributed by atoms with Crippen molar-refractivity contribution < 1.29 is 14.3 Å². The van der Waals surface area contributed by atoms with Crippen LogP contribution in [0.2, 0.25) is 0 Å². The Morgan fingerprint density at radius 2 is 2.00 bits per heavy atom. The van der Waals surface area contributed by atoms with Crippen LogP contribution in [0.15, 0.2) is 12.3 Å². The van der Waals surface area contributed by atoms with E-state index < -0.39 is 11.8 Å². The third-order valence-corrected chi connectivity index (χ3v) is 1.17. The van der Waals surface area contributed by atoms with Crippen molar-refractivity contribution in [3.63, 3.8) is 0 Å². The van der Waals surface area contributed by atoms with Crippen LogP contribution in [0.1, 0.15) is 27.2 Å². The average molecular weight is 170 g/mol. The van der Waals surface area contributed by atoms with Crippen LogP contribution in [0.4, 0.5) is 0 Å². The maximum absolute atomic E-state index is 10.6. The van der Waals surface area contributed by atoms with Gasteiger partial charge in [-0.25, -0.2) is 4.79 Å². The van der Waals surface area contributed by atoms with Gasteiger partial charge in [-0.2, -0.15) is 0 Å². The van der Waals surface area contributed by atoms with E-state index in [1.165, 1.54) is 13.2 Å². The van der Waals surface area contributed by atoms with Gasteiger partial charge in [-0.15, -0.1) is 0 Å². The fourth-order valence-electron chi connectivity index (χ4n) is 0.521. The molecule has 0 atom stereocenters. The molecule has 12 heavy (non-hydrogen) atoms. The van der Waals surface area contributed by atoms with E-state index in [-0.39, 0.29) is 0 Å². The number of hydrogen-bond acceptors (Lipinski definition) is 3. The fourth-order valence-corrected chi connectivity index (χ4v) is 0.521. The molecular formula is C9H14O3. The van der Waals surface area contributed by atoms with Gasteiger partial charge in [-0.3, -0.25) is 4.79 Å². The highest BCUT2D eigenvalue weighted by atomic mass is 16.5. The average Bonchev–Trinajstić information content (AvgIpc) is 1.97. The molecule has 0 aromatic rings. The monoisotopic (exact) mass is 170 g/mol. The van der Waals surface area contributed by atoms with Gasteiger partial charge in [0, 0.05) is 6.92 Å². The van der Waals surface area contributed by atoms with Gasteiger partial charge in [-0.1, -0.05) is 13.8 Å². The minimum Gasteiger partial charge on any atom is -0.429 e. The highest BCUT2D eigenvalue weighted by Crippen LogP contribution is 1.99. The summed E-state index contributed by atoms with van der Waals surface area (Å²) in [4.78, 5) is 20.9. The lowest BCUT2D eigenvalue weighted by Gasteiger charge is -1.96. The minimum absolute atomic E-state index is 0.525. The molecule has 0 bridgehead atoms. The Balaban J connectivity index is 3.61. The normalized spacial score (nSPS) is 10.7. The number of ether oxygens (including phenoxy) is 1. The van der Waals surface area contributed by atoms with Crippen molar-refractivity contribution in [2.24, 2.45) is 5.92 Å². The summed E-state index contributed by atoms with van der Waals surface area (Å²) in [7, 11) is 0. The van der Waals surface area contributed by atoms with Gasteiger partial charge in [0.25, 0.3) is 0 Å². The van der Waals surface area contributed by atoms with Gasteiger partial charge in [0.2, 0.25) is 5.78 Å². The van der Waals surface area contributed by atoms with Crippen molar-refractivity contribution >= 4 is 11.8 Å². The van der Waals surface area contributed by atoms with Crippen molar-refractivity contribution in [1.29, 1.82) is 0 Å². The summed E-state index contributed by atoms with van der Waals surface area (Å²) in [6.07, 6.45) is 3.83. The SMILES string of the molecule is CC(=O)C(=O)OC=CCC(C)C. The van der Waals surface area contributed by atoms with Crippen LogP contribution in [-0.4, -0.2) is 11.8 Å². The van der Waals surface area contributed by atoms with E-state index in [2.05, 4.69) is 18.6 Å². The van der Waals surface area contributed by atoms with Crippen LogP contribution in [0.5, 0.6) is 0 Å². The molecule has 3 nitrogen and oxygen atoms in total. The van der Waals surface area contributed by atoms with E-state index in [0.29, 0.717) is 5.92 Å². The number of Topliss-reactive ketones (excluding diaryl/α,β-unsaturated/α-hetero) is 1. The molecule has 68 valence electrons. The third-order valence-electron chi connectivity index (χ3n) is 1.17. The molecule has 0 saturated carbocycles. The van der Waals surface area contributed by atoms with Crippen LogP contribution < -0.4 is 0 Å². The minimum atomic E-state index is -0.810. The van der Waals surface area contributed by atoms with Crippen LogP contribution in [-0.2, 0) is 14.3 Å². The number of hydrogen-bond donors (Lipinski definition) is 0. The number of rotatable bonds is 4. The molecule has 0 aliphatic rings. The molecule has 0 heterocycles. The van der Waals surface area contributed by atoms with Crippen molar-refractivity contribution in [3.05, 3.63) is 12.3 Å². The van der Waals surface area contributed by atoms with Gasteiger partial charge in [0.15, 0.2) is 0 Å². The third kappa shape index (κ3) is 5.65. The maximum Gasteiger partial charge on any atom is 0.379 e. The first-order valence-corrected chi connectivity index (χ1v) is 3.90. The Morgan fingerprint density at radius 3 is 2.42 bits per heavy atom. The molecule has 0 saturated heterocycles. The molecule has 0 rings (SSSR count). The maximum atomic E-state index is 10.6. The van der Waals surface area contributed by atoms with Gasteiger partial charge >= 0.3 is 5.97 Å². The Kier molecular flexibility index (Phi) is 5.00. The zero-order valence-corrected chi connectivity index (χ0v) is 7.66. The van der Waals surface area contributed by atoms with E-state index in [9.17, 15) is 9.59 Å². The van der Waals surface area contributed by atoms with Gasteiger partial charge in [0.1, 0.15) is 0 Å². The van der Waals surface area contributed by atoms with E-state index in [0.717, 1.165) is 6.42 Å². The summed E-state index contributed by atoms with van der Waals surface area (Å²) in [5, 5.41) is 0. The molecule has 0 N–H and O–H groups in total. The Hall–Kier alpha value is -1.12. The molecule has 0 radical (unpaired) electrons. The molecule has 0 aliphatic heterocycles. The van der Waals surface area contributed by atoms with Crippen molar-refractivity contribution in [2.45, 2.75) is 27.2 Å². The van der Waals surface area contributed by atoms with Crippen molar-refractivity contribution in [2.75, 3.05) is 0 Å². The number of esters is 1. The summed E-state index contributed by atoms with van der Waals surface area (Å²) in [6, 6.07) is 0. The number of allylic oxidation sites excluding steroid dienone is 1. The second kappa shape index (κ2) is 5.52. The lowest BCUT2D eigenvalue weighted by atomic mass is 10.1. The van der Waals surface area contributed by atoms with Crippen molar-refractivity contribution in [1.82, 2.24) is 0 Å². The Bertz CT molecular complexity index is 192. The molecule has 0 spiro atoms. The van der Waals surface area contributed by atoms with Crippen LogP contribution in [0.25, 0.3) is 0 Å². The summed E-state index contributed by atoms with van der Waals surface area (Å²) in [5.41, 5.74) is 0. The summed E-state index contributed by atoms with van der Waals surface area (Å²) in [6.45, 7) is 5.28. The van der Waals surface area contributed by atoms with E-state index >= 15 is 0 Å². The second-order valence-electron chi connectivity index (χ2n) is 2.96. The van der Waals surface area contributed by atoms with Crippen LogP contribution in [0.3, 0.4) is 0 Å². The summed E-state index contributed by atoms with van der Waals surface area (Å²) >= 11 is 0. The predicted molar refractivity (Wildman–Crippen MR) is 45.4 cm³/mol.